The van der Waals surface area contributed by atoms with Crippen LogP contribution in [0, 0.1) is 5.82 Å². The third-order valence-corrected chi connectivity index (χ3v) is 4.96. The number of hydrogen-bond donors (Lipinski definition) is 1. The molecule has 3 rings (SSSR count). The lowest BCUT2D eigenvalue weighted by Crippen LogP contribution is -2.43. The Labute approximate surface area is 131 Å². The van der Waals surface area contributed by atoms with Crippen molar-refractivity contribution >= 4 is 5.82 Å². The molecule has 1 unspecified atom stereocenters. The minimum Gasteiger partial charge on any atom is -0.363 e. The van der Waals surface area contributed by atoms with Crippen LogP contribution in [0.1, 0.15) is 31.9 Å². The Morgan fingerprint density at radius 1 is 1.23 bits per heavy atom. The van der Waals surface area contributed by atoms with Crippen LogP contribution in [0.2, 0.25) is 0 Å². The SMILES string of the molecule is CCc1ncnc(NC2CCN(C3CCN(C)CC3)C2)c1F. The fourth-order valence-electron chi connectivity index (χ4n) is 3.54. The molecule has 0 bridgehead atoms. The molecule has 5 nitrogen and oxygen atoms in total. The molecule has 2 fully saturated rings. The number of likely N-dealkylation sites (tertiary alicyclic amines) is 2. The minimum absolute atomic E-state index is 0.286. The van der Waals surface area contributed by atoms with Gasteiger partial charge in [-0.3, -0.25) is 4.90 Å². The van der Waals surface area contributed by atoms with Gasteiger partial charge in [0.25, 0.3) is 0 Å². The number of hydrogen-bond acceptors (Lipinski definition) is 5. The molecule has 0 spiro atoms. The highest BCUT2D eigenvalue weighted by molar-refractivity contribution is 5.38. The topological polar surface area (TPSA) is 44.3 Å². The normalized spacial score (nSPS) is 24.8. The molecule has 1 aromatic heterocycles. The first-order valence-electron chi connectivity index (χ1n) is 8.36. The Hall–Kier alpha value is -1.27. The summed E-state index contributed by atoms with van der Waals surface area (Å²) >= 11 is 0. The van der Waals surface area contributed by atoms with E-state index >= 15 is 0 Å². The second-order valence-corrected chi connectivity index (χ2v) is 6.50. The first kappa shape index (κ1) is 15.6. The van der Waals surface area contributed by atoms with Gasteiger partial charge in [-0.1, -0.05) is 6.92 Å². The van der Waals surface area contributed by atoms with Crippen LogP contribution in [0.15, 0.2) is 6.33 Å². The highest BCUT2D eigenvalue weighted by Gasteiger charge is 2.30. The molecule has 1 aromatic rings. The summed E-state index contributed by atoms with van der Waals surface area (Å²) in [5, 5.41) is 3.28. The van der Waals surface area contributed by atoms with E-state index in [1.165, 1.54) is 32.3 Å². The van der Waals surface area contributed by atoms with Crippen LogP contribution in [0.4, 0.5) is 10.2 Å². The van der Waals surface area contributed by atoms with Gasteiger partial charge in [-0.05, 0) is 45.8 Å². The predicted molar refractivity (Wildman–Crippen MR) is 85.5 cm³/mol. The molecule has 3 heterocycles. The molecule has 2 saturated heterocycles. The fraction of sp³-hybridized carbons (Fsp3) is 0.750. The van der Waals surface area contributed by atoms with E-state index in [4.69, 9.17) is 0 Å². The van der Waals surface area contributed by atoms with Crippen molar-refractivity contribution in [2.24, 2.45) is 0 Å². The average Bonchev–Trinajstić information content (AvgIpc) is 2.99. The van der Waals surface area contributed by atoms with E-state index < -0.39 is 0 Å². The third kappa shape index (κ3) is 3.38. The lowest BCUT2D eigenvalue weighted by Gasteiger charge is -2.35. The third-order valence-electron chi connectivity index (χ3n) is 4.96. The quantitative estimate of drug-likeness (QED) is 0.918. The number of aromatic nitrogens is 2. The van der Waals surface area contributed by atoms with Crippen molar-refractivity contribution in [1.29, 1.82) is 0 Å². The van der Waals surface area contributed by atoms with Crippen molar-refractivity contribution in [2.45, 2.75) is 44.7 Å². The van der Waals surface area contributed by atoms with Gasteiger partial charge in [0.2, 0.25) is 0 Å². The van der Waals surface area contributed by atoms with Crippen molar-refractivity contribution in [3.63, 3.8) is 0 Å². The number of halogens is 1. The molecule has 6 heteroatoms. The Morgan fingerprint density at radius 2 is 2.00 bits per heavy atom. The first-order valence-corrected chi connectivity index (χ1v) is 8.36. The maximum absolute atomic E-state index is 14.2. The average molecular weight is 307 g/mol. The highest BCUT2D eigenvalue weighted by atomic mass is 19.1. The van der Waals surface area contributed by atoms with E-state index in [0.29, 0.717) is 24.0 Å². The maximum Gasteiger partial charge on any atom is 0.186 e. The van der Waals surface area contributed by atoms with E-state index in [-0.39, 0.29) is 11.9 Å². The molecule has 0 aromatic carbocycles. The molecular formula is C16H26FN5. The van der Waals surface area contributed by atoms with E-state index in [2.05, 4.69) is 32.1 Å². The molecule has 0 radical (unpaired) electrons. The Morgan fingerprint density at radius 3 is 2.73 bits per heavy atom. The van der Waals surface area contributed by atoms with Gasteiger partial charge in [-0.15, -0.1) is 0 Å². The minimum atomic E-state index is -0.289. The van der Waals surface area contributed by atoms with Crippen molar-refractivity contribution in [2.75, 3.05) is 38.5 Å². The summed E-state index contributed by atoms with van der Waals surface area (Å²) in [6, 6.07) is 0.971. The molecule has 1 atom stereocenters. The van der Waals surface area contributed by atoms with E-state index in [0.717, 1.165) is 19.5 Å². The van der Waals surface area contributed by atoms with Crippen LogP contribution in [0.5, 0.6) is 0 Å². The van der Waals surface area contributed by atoms with Crippen molar-refractivity contribution in [3.8, 4) is 0 Å². The zero-order valence-electron chi connectivity index (χ0n) is 13.6. The molecule has 0 amide bonds. The molecule has 2 aliphatic rings. The second kappa shape index (κ2) is 6.87. The van der Waals surface area contributed by atoms with Gasteiger partial charge in [0.15, 0.2) is 11.6 Å². The molecule has 1 N–H and O–H groups in total. The van der Waals surface area contributed by atoms with E-state index in [1.54, 1.807) is 0 Å². The zero-order valence-corrected chi connectivity index (χ0v) is 13.6. The van der Waals surface area contributed by atoms with Crippen LogP contribution < -0.4 is 5.32 Å². The summed E-state index contributed by atoms with van der Waals surface area (Å²) in [6.45, 7) is 6.35. The van der Waals surface area contributed by atoms with Gasteiger partial charge in [0, 0.05) is 25.2 Å². The molecular weight excluding hydrogens is 281 g/mol. The summed E-state index contributed by atoms with van der Waals surface area (Å²) in [4.78, 5) is 13.0. The first-order chi connectivity index (χ1) is 10.7. The smallest absolute Gasteiger partial charge is 0.186 e. The number of nitrogens with one attached hydrogen (secondary N) is 1. The van der Waals surface area contributed by atoms with Crippen molar-refractivity contribution < 1.29 is 4.39 Å². The number of anilines is 1. The van der Waals surface area contributed by atoms with Gasteiger partial charge in [0.05, 0.1) is 5.69 Å². The van der Waals surface area contributed by atoms with Crippen LogP contribution in [0.25, 0.3) is 0 Å². The van der Waals surface area contributed by atoms with E-state index in [1.807, 2.05) is 6.92 Å². The van der Waals surface area contributed by atoms with Gasteiger partial charge in [-0.25, -0.2) is 14.4 Å². The summed E-state index contributed by atoms with van der Waals surface area (Å²) in [5.41, 5.74) is 0.489. The standard InChI is InChI=1S/C16H26FN5/c1-3-14-15(17)16(19-11-18-14)20-12-4-9-22(10-12)13-5-7-21(2)8-6-13/h11-13H,3-10H2,1-2H3,(H,18,19,20). The van der Waals surface area contributed by atoms with Gasteiger partial charge < -0.3 is 10.2 Å². The summed E-state index contributed by atoms with van der Waals surface area (Å²) in [5.74, 6) is 0.0739. The zero-order chi connectivity index (χ0) is 15.5. The summed E-state index contributed by atoms with van der Waals surface area (Å²) in [6.07, 6.45) is 5.58. The van der Waals surface area contributed by atoms with Crippen LogP contribution in [0.3, 0.4) is 0 Å². The van der Waals surface area contributed by atoms with Crippen molar-refractivity contribution in [3.05, 3.63) is 17.8 Å². The molecule has 0 saturated carbocycles. The molecule has 22 heavy (non-hydrogen) atoms. The molecule has 0 aliphatic carbocycles. The fourth-order valence-corrected chi connectivity index (χ4v) is 3.54. The second-order valence-electron chi connectivity index (χ2n) is 6.50. The van der Waals surface area contributed by atoms with Gasteiger partial charge in [-0.2, -0.15) is 0 Å². The Bertz CT molecular complexity index is 501. The number of aryl methyl sites for hydroxylation is 1. The maximum atomic E-state index is 14.2. The highest BCUT2D eigenvalue weighted by Crippen LogP contribution is 2.23. The van der Waals surface area contributed by atoms with E-state index in [9.17, 15) is 4.39 Å². The van der Waals surface area contributed by atoms with Crippen LogP contribution in [-0.4, -0.2) is 65.1 Å². The lowest BCUT2D eigenvalue weighted by atomic mass is 10.0. The van der Waals surface area contributed by atoms with Crippen molar-refractivity contribution in [1.82, 2.24) is 19.8 Å². The predicted octanol–water partition coefficient (Wildman–Crippen LogP) is 1.76. The number of piperidine rings is 1. The molecule has 122 valence electrons. The Balaban J connectivity index is 1.57. The number of rotatable bonds is 4. The lowest BCUT2D eigenvalue weighted by molar-refractivity contribution is 0.143. The largest absolute Gasteiger partial charge is 0.363 e. The van der Waals surface area contributed by atoms with Crippen LogP contribution in [-0.2, 0) is 6.42 Å². The van der Waals surface area contributed by atoms with Crippen LogP contribution >= 0.6 is 0 Å². The molecule has 2 aliphatic heterocycles. The monoisotopic (exact) mass is 307 g/mol. The Kier molecular flexibility index (Phi) is 4.88. The summed E-state index contributed by atoms with van der Waals surface area (Å²) in [7, 11) is 2.19. The number of nitrogens with zero attached hydrogens (tertiary/aromatic N) is 4. The van der Waals surface area contributed by atoms with Gasteiger partial charge in [0.1, 0.15) is 6.33 Å². The summed E-state index contributed by atoms with van der Waals surface area (Å²) < 4.78 is 14.2. The van der Waals surface area contributed by atoms with Gasteiger partial charge >= 0.3 is 0 Å².